The third kappa shape index (κ3) is 7.36. The van der Waals surface area contributed by atoms with Crippen molar-refractivity contribution in [2.45, 2.75) is 26.6 Å². The van der Waals surface area contributed by atoms with Crippen molar-refractivity contribution in [3.05, 3.63) is 17.4 Å². The summed E-state index contributed by atoms with van der Waals surface area (Å²) in [5.74, 6) is 2.93. The highest BCUT2D eigenvalue weighted by molar-refractivity contribution is 6.83. The molecule has 0 heterocycles. The Morgan fingerprint density at radius 3 is 2.42 bits per heavy atom. The van der Waals surface area contributed by atoms with Gasteiger partial charge in [0, 0.05) is 6.08 Å². The van der Waals surface area contributed by atoms with Gasteiger partial charge in [-0.1, -0.05) is 25.6 Å². The summed E-state index contributed by atoms with van der Waals surface area (Å²) in [4.78, 5) is 0. The largest absolute Gasteiger partial charge is 0.391 e. The Balaban J connectivity index is 4.30. The standard InChI is InChI=1S/C10H16OSi/c1-10(9-11)7-5-6-8-12(2,3)4/h5,11H,9H2,1-4H3. The Hall–Kier alpha value is -0.743. The number of hydrogen-bond acceptors (Lipinski definition) is 1. The molecule has 0 fully saturated rings. The van der Waals surface area contributed by atoms with E-state index >= 15 is 0 Å². The lowest BCUT2D eigenvalue weighted by atomic mass is 10.3. The van der Waals surface area contributed by atoms with Gasteiger partial charge in [-0.25, -0.2) is 0 Å². The van der Waals surface area contributed by atoms with Gasteiger partial charge >= 0.3 is 0 Å². The molecule has 0 atom stereocenters. The average Bonchev–Trinajstić information content (AvgIpc) is 1.96. The molecule has 0 rings (SSSR count). The van der Waals surface area contributed by atoms with E-state index in [0.717, 1.165) is 5.57 Å². The van der Waals surface area contributed by atoms with Crippen molar-refractivity contribution >= 4 is 8.07 Å². The zero-order chi connectivity index (χ0) is 9.61. The van der Waals surface area contributed by atoms with E-state index in [0.29, 0.717) is 0 Å². The second-order valence-corrected chi connectivity index (χ2v) is 8.50. The van der Waals surface area contributed by atoms with Crippen molar-refractivity contribution in [2.75, 3.05) is 6.61 Å². The minimum atomic E-state index is -1.24. The van der Waals surface area contributed by atoms with Crippen LogP contribution in [0.15, 0.2) is 17.4 Å². The number of rotatable bonds is 1. The Morgan fingerprint density at radius 2 is 2.00 bits per heavy atom. The van der Waals surface area contributed by atoms with Crippen LogP contribution in [0.3, 0.4) is 0 Å². The van der Waals surface area contributed by atoms with Crippen LogP contribution < -0.4 is 0 Å². The highest BCUT2D eigenvalue weighted by atomic mass is 28.3. The van der Waals surface area contributed by atoms with Crippen molar-refractivity contribution in [3.63, 3.8) is 0 Å². The highest BCUT2D eigenvalue weighted by Crippen LogP contribution is 1.95. The molecule has 12 heavy (non-hydrogen) atoms. The fraction of sp³-hybridized carbons (Fsp3) is 0.500. The lowest BCUT2D eigenvalue weighted by Gasteiger charge is -2.01. The first-order chi connectivity index (χ1) is 5.45. The third-order valence-corrected chi connectivity index (χ3v) is 1.97. The summed E-state index contributed by atoms with van der Waals surface area (Å²) in [5, 5.41) is 8.63. The molecule has 0 aromatic carbocycles. The monoisotopic (exact) mass is 180 g/mol. The maximum atomic E-state index is 8.63. The maximum Gasteiger partial charge on any atom is 0.129 e. The molecule has 0 amide bonds. The topological polar surface area (TPSA) is 20.2 Å². The van der Waals surface area contributed by atoms with Crippen LogP contribution in [0.25, 0.3) is 0 Å². The van der Waals surface area contributed by atoms with Gasteiger partial charge in [0.15, 0.2) is 0 Å². The first-order valence-electron chi connectivity index (χ1n) is 4.00. The van der Waals surface area contributed by atoms with E-state index in [4.69, 9.17) is 5.11 Å². The molecular formula is C10H16OSi. The zero-order valence-corrected chi connectivity index (χ0v) is 9.23. The summed E-state index contributed by atoms with van der Waals surface area (Å²) in [6, 6.07) is 0. The predicted molar refractivity (Wildman–Crippen MR) is 55.5 cm³/mol. The first-order valence-corrected chi connectivity index (χ1v) is 7.50. The van der Waals surface area contributed by atoms with Gasteiger partial charge in [-0.05, 0) is 12.5 Å². The van der Waals surface area contributed by atoms with E-state index in [1.165, 1.54) is 0 Å². The maximum absolute atomic E-state index is 8.63. The van der Waals surface area contributed by atoms with Gasteiger partial charge in [0.1, 0.15) is 8.07 Å². The van der Waals surface area contributed by atoms with Crippen LogP contribution in [0, 0.1) is 11.5 Å². The number of hydrogen-bond donors (Lipinski definition) is 1. The molecule has 1 N–H and O–H groups in total. The Kier molecular flexibility index (Phi) is 4.69. The van der Waals surface area contributed by atoms with Crippen LogP contribution in [0.5, 0.6) is 0 Å². The van der Waals surface area contributed by atoms with Gasteiger partial charge in [-0.2, -0.15) is 0 Å². The molecule has 0 unspecified atom stereocenters. The molecule has 0 aliphatic rings. The summed E-state index contributed by atoms with van der Waals surface area (Å²) in [7, 11) is -1.24. The van der Waals surface area contributed by atoms with Crippen LogP contribution in [-0.4, -0.2) is 19.8 Å². The van der Waals surface area contributed by atoms with E-state index in [1.54, 1.807) is 6.08 Å². The predicted octanol–water partition coefficient (Wildman–Crippen LogP) is 1.96. The van der Waals surface area contributed by atoms with Gasteiger partial charge < -0.3 is 5.11 Å². The quantitative estimate of drug-likeness (QED) is 0.371. The van der Waals surface area contributed by atoms with Crippen LogP contribution in [0.1, 0.15) is 6.92 Å². The van der Waals surface area contributed by atoms with Crippen molar-refractivity contribution in [3.8, 4) is 11.5 Å². The summed E-state index contributed by atoms with van der Waals surface area (Å²) in [6.07, 6.45) is 1.68. The summed E-state index contributed by atoms with van der Waals surface area (Å²) in [5.41, 5.74) is 6.89. The van der Waals surface area contributed by atoms with Gasteiger partial charge in [-0.15, -0.1) is 11.3 Å². The molecule has 0 aliphatic heterocycles. The molecule has 0 bridgehead atoms. The lowest BCUT2D eigenvalue weighted by molar-refractivity contribution is 0.331. The molecule has 0 saturated heterocycles. The molecule has 0 saturated carbocycles. The van der Waals surface area contributed by atoms with Crippen molar-refractivity contribution in [1.29, 1.82) is 0 Å². The molecule has 0 aromatic heterocycles. The Labute approximate surface area is 75.8 Å². The number of aliphatic hydroxyl groups is 1. The van der Waals surface area contributed by atoms with Gasteiger partial charge in [-0.3, -0.25) is 0 Å². The molecule has 0 aliphatic carbocycles. The Morgan fingerprint density at radius 1 is 1.42 bits per heavy atom. The van der Waals surface area contributed by atoms with Crippen molar-refractivity contribution in [2.24, 2.45) is 0 Å². The fourth-order valence-electron chi connectivity index (χ4n) is 0.458. The summed E-state index contributed by atoms with van der Waals surface area (Å²) in [6.45, 7) is 8.46. The minimum Gasteiger partial charge on any atom is -0.391 e. The van der Waals surface area contributed by atoms with E-state index in [1.807, 2.05) is 6.92 Å². The molecule has 66 valence electrons. The van der Waals surface area contributed by atoms with Crippen LogP contribution in [0.2, 0.25) is 19.6 Å². The van der Waals surface area contributed by atoms with Crippen molar-refractivity contribution in [1.82, 2.24) is 0 Å². The fourth-order valence-corrected chi connectivity index (χ4v) is 0.963. The Bertz CT molecular complexity index is 254. The van der Waals surface area contributed by atoms with E-state index in [-0.39, 0.29) is 6.61 Å². The molecular weight excluding hydrogens is 164 g/mol. The first kappa shape index (κ1) is 11.3. The molecule has 1 nitrogen and oxygen atoms in total. The van der Waals surface area contributed by atoms with E-state index in [2.05, 4.69) is 36.8 Å². The second kappa shape index (κ2) is 5.00. The normalized spacial score (nSPS) is 9.42. The number of aliphatic hydroxyl groups excluding tert-OH is 1. The molecule has 0 spiro atoms. The van der Waals surface area contributed by atoms with Gasteiger partial charge in [0.05, 0.1) is 6.61 Å². The lowest BCUT2D eigenvalue weighted by Crippen LogP contribution is -2.16. The van der Waals surface area contributed by atoms with E-state index < -0.39 is 8.07 Å². The van der Waals surface area contributed by atoms with Crippen LogP contribution in [0.4, 0.5) is 0 Å². The van der Waals surface area contributed by atoms with Crippen LogP contribution in [-0.2, 0) is 0 Å². The van der Waals surface area contributed by atoms with Gasteiger partial charge in [0.2, 0.25) is 0 Å². The smallest absolute Gasteiger partial charge is 0.129 e. The SMILES string of the molecule is CC(=C=CC#C[Si](C)(C)C)CO. The van der Waals surface area contributed by atoms with Crippen molar-refractivity contribution < 1.29 is 5.11 Å². The van der Waals surface area contributed by atoms with Gasteiger partial charge in [0.25, 0.3) is 0 Å². The van der Waals surface area contributed by atoms with E-state index in [9.17, 15) is 0 Å². The van der Waals surface area contributed by atoms with Crippen LogP contribution >= 0.6 is 0 Å². The summed E-state index contributed by atoms with van der Waals surface area (Å²) >= 11 is 0. The zero-order valence-electron chi connectivity index (χ0n) is 8.23. The highest BCUT2D eigenvalue weighted by Gasteiger charge is 2.06. The molecule has 0 aromatic rings. The second-order valence-electron chi connectivity index (χ2n) is 3.75. The third-order valence-electron chi connectivity index (χ3n) is 1.08. The minimum absolute atomic E-state index is 0.0606. The molecule has 0 radical (unpaired) electrons. The average molecular weight is 180 g/mol. The summed E-state index contributed by atoms with van der Waals surface area (Å²) < 4.78 is 0. The molecule has 2 heteroatoms.